The fourth-order valence-corrected chi connectivity index (χ4v) is 0.989. The quantitative estimate of drug-likeness (QED) is 0.278. The minimum atomic E-state index is -0.130. The fourth-order valence-electron chi connectivity index (χ4n) is 0.437. The summed E-state index contributed by atoms with van der Waals surface area (Å²) in [6.07, 6.45) is 1.27. The summed E-state index contributed by atoms with van der Waals surface area (Å²) in [5.74, 6) is 0. The molecule has 0 unspecified atom stereocenters. The van der Waals surface area contributed by atoms with E-state index in [0.717, 1.165) is 6.61 Å². The van der Waals surface area contributed by atoms with Crippen LogP contribution in [-0.4, -0.2) is 28.5 Å². The van der Waals surface area contributed by atoms with Gasteiger partial charge in [-0.2, -0.15) is 0 Å². The lowest BCUT2D eigenvalue weighted by atomic mass is 10.8. The smallest absolute Gasteiger partial charge is 0.139 e. The van der Waals surface area contributed by atoms with E-state index >= 15 is 0 Å². The molecular weight excluding hydrogens is 144 g/mol. The fraction of sp³-hybridized carbons (Fsp3) is 0.833. The third kappa shape index (κ3) is 7.65. The Bertz CT molecular complexity index is 95.7. The zero-order chi connectivity index (χ0) is 7.82. The maximum atomic E-state index is 5.13. The zero-order valence-electron chi connectivity index (χ0n) is 6.63. The minimum absolute atomic E-state index is 0.130. The number of aliphatic imine (C=N–C) groups is 1. The summed E-state index contributed by atoms with van der Waals surface area (Å²) in [5, 5.41) is 0. The van der Waals surface area contributed by atoms with E-state index < -0.39 is 0 Å². The number of hydrogen-bond acceptors (Lipinski definition) is 2. The first kappa shape index (κ1) is 9.65. The van der Waals surface area contributed by atoms with Crippen LogP contribution < -0.4 is 5.73 Å². The van der Waals surface area contributed by atoms with E-state index in [1.165, 1.54) is 12.4 Å². The summed E-state index contributed by atoms with van der Waals surface area (Å²) >= 11 is 0. The van der Waals surface area contributed by atoms with Crippen molar-refractivity contribution in [3.05, 3.63) is 0 Å². The molecule has 0 aromatic heterocycles. The van der Waals surface area contributed by atoms with Crippen molar-refractivity contribution in [1.82, 2.24) is 0 Å². The van der Waals surface area contributed by atoms with Crippen molar-refractivity contribution < 1.29 is 4.74 Å². The molecule has 0 aliphatic carbocycles. The average Bonchev–Trinajstić information content (AvgIpc) is 1.87. The van der Waals surface area contributed by atoms with Gasteiger partial charge in [0.25, 0.3) is 0 Å². The first-order chi connectivity index (χ1) is 4.77. The summed E-state index contributed by atoms with van der Waals surface area (Å²) < 4.78 is 5.13. The average molecular weight is 159 g/mol. The van der Waals surface area contributed by atoms with Crippen LogP contribution in [0, 0.1) is 0 Å². The highest BCUT2D eigenvalue weighted by atomic mass is 28.3. The molecule has 0 aromatic rings. The maximum absolute atomic E-state index is 5.13. The van der Waals surface area contributed by atoms with Gasteiger partial charge in [0.05, 0.1) is 6.34 Å². The van der Waals surface area contributed by atoms with E-state index in [4.69, 9.17) is 10.5 Å². The van der Waals surface area contributed by atoms with Gasteiger partial charge in [-0.1, -0.05) is 13.1 Å². The van der Waals surface area contributed by atoms with E-state index in [9.17, 15) is 0 Å². The van der Waals surface area contributed by atoms with Crippen molar-refractivity contribution in [2.45, 2.75) is 19.1 Å². The Hall–Kier alpha value is -0.353. The van der Waals surface area contributed by atoms with Crippen LogP contribution in [0.4, 0.5) is 0 Å². The molecular formula is C6H15N2OSi. The number of nitrogens with zero attached hydrogens (tertiary/aromatic N) is 1. The van der Waals surface area contributed by atoms with Crippen molar-refractivity contribution in [2.75, 3.05) is 13.3 Å². The molecule has 0 bridgehead atoms. The Balaban J connectivity index is 2.91. The van der Waals surface area contributed by atoms with Crippen LogP contribution in [0.5, 0.6) is 0 Å². The molecule has 0 aliphatic rings. The molecule has 3 nitrogen and oxygen atoms in total. The lowest BCUT2D eigenvalue weighted by Crippen LogP contribution is -2.05. The Morgan fingerprint density at radius 1 is 1.60 bits per heavy atom. The summed E-state index contributed by atoms with van der Waals surface area (Å²) in [5.41, 5.74) is 5.01. The van der Waals surface area contributed by atoms with Gasteiger partial charge in [-0.25, -0.2) is 4.99 Å². The van der Waals surface area contributed by atoms with Crippen molar-refractivity contribution in [1.29, 1.82) is 0 Å². The molecule has 0 amide bonds. The highest BCUT2D eigenvalue weighted by Gasteiger charge is 1.93. The van der Waals surface area contributed by atoms with E-state index in [-0.39, 0.29) is 8.80 Å². The molecule has 0 heterocycles. The molecule has 0 fully saturated rings. The van der Waals surface area contributed by atoms with Gasteiger partial charge in [0, 0.05) is 15.4 Å². The van der Waals surface area contributed by atoms with Gasteiger partial charge >= 0.3 is 0 Å². The molecule has 0 spiro atoms. The second-order valence-electron chi connectivity index (χ2n) is 2.33. The Morgan fingerprint density at radius 3 is 2.80 bits per heavy atom. The van der Waals surface area contributed by atoms with Gasteiger partial charge in [-0.3, -0.25) is 0 Å². The van der Waals surface area contributed by atoms with E-state index in [1.807, 2.05) is 0 Å². The van der Waals surface area contributed by atoms with Gasteiger partial charge in [-0.05, 0) is 6.04 Å². The van der Waals surface area contributed by atoms with Gasteiger partial charge in [0.1, 0.15) is 6.73 Å². The standard InChI is InChI=1S/C6H15N2OSi/c1-10(2)4-3-9-6-8-5-7/h5H,3-4,6H2,1-2H3,(H2,7,8). The van der Waals surface area contributed by atoms with Crippen LogP contribution in [0.25, 0.3) is 0 Å². The highest BCUT2D eigenvalue weighted by molar-refractivity contribution is 6.55. The van der Waals surface area contributed by atoms with Crippen LogP contribution in [0.1, 0.15) is 0 Å². The molecule has 59 valence electrons. The lowest BCUT2D eigenvalue weighted by molar-refractivity contribution is 0.156. The van der Waals surface area contributed by atoms with Gasteiger partial charge in [0.15, 0.2) is 0 Å². The Morgan fingerprint density at radius 2 is 2.30 bits per heavy atom. The SMILES string of the molecule is C[Si](C)CCOCN=CN. The summed E-state index contributed by atoms with van der Waals surface area (Å²) in [7, 11) is -0.130. The van der Waals surface area contributed by atoms with Crippen LogP contribution in [0.2, 0.25) is 19.1 Å². The van der Waals surface area contributed by atoms with Crippen molar-refractivity contribution in [2.24, 2.45) is 10.7 Å². The summed E-state index contributed by atoms with van der Waals surface area (Å²) in [4.78, 5) is 3.71. The van der Waals surface area contributed by atoms with E-state index in [0.29, 0.717) is 6.73 Å². The van der Waals surface area contributed by atoms with E-state index in [2.05, 4.69) is 18.1 Å². The molecule has 2 N–H and O–H groups in total. The molecule has 4 heteroatoms. The second kappa shape index (κ2) is 6.76. The van der Waals surface area contributed by atoms with Crippen LogP contribution in [0.15, 0.2) is 4.99 Å². The molecule has 0 aromatic carbocycles. The predicted octanol–water partition coefficient (Wildman–Crippen LogP) is 0.702. The lowest BCUT2D eigenvalue weighted by Gasteiger charge is -2.01. The summed E-state index contributed by atoms with van der Waals surface area (Å²) in [6.45, 7) is 5.75. The first-order valence-corrected chi connectivity index (χ1v) is 6.05. The van der Waals surface area contributed by atoms with Crippen LogP contribution in [0.3, 0.4) is 0 Å². The monoisotopic (exact) mass is 159 g/mol. The predicted molar refractivity (Wildman–Crippen MR) is 45.8 cm³/mol. The molecule has 0 aliphatic heterocycles. The highest BCUT2D eigenvalue weighted by Crippen LogP contribution is 1.90. The normalized spacial score (nSPS) is 11.5. The van der Waals surface area contributed by atoms with Gasteiger partial charge in [-0.15, -0.1) is 0 Å². The molecule has 10 heavy (non-hydrogen) atoms. The number of hydrogen-bond donors (Lipinski definition) is 1. The van der Waals surface area contributed by atoms with Crippen molar-refractivity contribution in [3.63, 3.8) is 0 Å². The van der Waals surface area contributed by atoms with Crippen molar-refractivity contribution >= 4 is 15.1 Å². The molecule has 0 saturated heterocycles. The van der Waals surface area contributed by atoms with Gasteiger partial charge in [0.2, 0.25) is 0 Å². The number of ether oxygens (including phenoxy) is 1. The Labute approximate surface area is 63.9 Å². The third-order valence-corrected chi connectivity index (χ3v) is 2.22. The molecule has 0 saturated carbocycles. The number of rotatable bonds is 5. The Kier molecular flexibility index (Phi) is 6.52. The number of nitrogens with two attached hydrogens (primary N) is 1. The zero-order valence-corrected chi connectivity index (χ0v) is 7.63. The topological polar surface area (TPSA) is 47.6 Å². The van der Waals surface area contributed by atoms with Crippen molar-refractivity contribution in [3.8, 4) is 0 Å². The third-order valence-electron chi connectivity index (χ3n) is 1.02. The summed E-state index contributed by atoms with van der Waals surface area (Å²) in [6, 6.07) is 1.19. The van der Waals surface area contributed by atoms with E-state index in [1.54, 1.807) is 0 Å². The maximum Gasteiger partial charge on any atom is 0.139 e. The largest absolute Gasteiger partial charge is 0.390 e. The molecule has 0 atom stereocenters. The van der Waals surface area contributed by atoms with Crippen LogP contribution in [-0.2, 0) is 4.74 Å². The second-order valence-corrected chi connectivity index (χ2v) is 5.24. The first-order valence-electron chi connectivity index (χ1n) is 3.34. The molecule has 1 radical (unpaired) electrons. The van der Waals surface area contributed by atoms with Gasteiger partial charge < -0.3 is 10.5 Å². The molecule has 0 rings (SSSR count). The minimum Gasteiger partial charge on any atom is -0.390 e. The van der Waals surface area contributed by atoms with Crippen LogP contribution >= 0.6 is 0 Å².